The molecule has 3 aromatic heterocycles. The molecule has 0 atom stereocenters. The zero-order chi connectivity index (χ0) is 21.3. The van der Waals surface area contributed by atoms with Crippen molar-refractivity contribution < 1.29 is 22.7 Å². The van der Waals surface area contributed by atoms with Gasteiger partial charge in [-0.15, -0.1) is 5.10 Å². The first-order valence-corrected chi connectivity index (χ1v) is 8.92. The Balaban J connectivity index is 1.72. The molecule has 0 bridgehead atoms. The van der Waals surface area contributed by atoms with Gasteiger partial charge in [-0.05, 0) is 25.0 Å². The van der Waals surface area contributed by atoms with Crippen LogP contribution in [-0.4, -0.2) is 43.0 Å². The summed E-state index contributed by atoms with van der Waals surface area (Å²) in [5.74, 6) is -0.619. The first kappa shape index (κ1) is 19.7. The Morgan fingerprint density at radius 1 is 1.23 bits per heavy atom. The van der Waals surface area contributed by atoms with Crippen LogP contribution >= 0.6 is 0 Å². The van der Waals surface area contributed by atoms with Gasteiger partial charge in [-0.1, -0.05) is 5.21 Å². The molecule has 3 heterocycles. The number of hydrogen-bond donors (Lipinski definition) is 0. The van der Waals surface area contributed by atoms with Crippen LogP contribution in [0.15, 0.2) is 37.1 Å². The van der Waals surface area contributed by atoms with E-state index in [0.29, 0.717) is 11.3 Å². The van der Waals surface area contributed by atoms with E-state index >= 15 is 0 Å². The minimum absolute atomic E-state index is 0.0324. The van der Waals surface area contributed by atoms with Crippen molar-refractivity contribution in [1.29, 1.82) is 0 Å². The minimum Gasteiger partial charge on any atom is -0.465 e. The van der Waals surface area contributed by atoms with Gasteiger partial charge in [0.15, 0.2) is 0 Å². The SMILES string of the molecule is COC(=O)/C(=C/n1cc(-c2cc(C3CC3)nc(C(F)(F)F)c2)nn1)c1cncnc1. The molecule has 8 nitrogen and oxygen atoms in total. The highest BCUT2D eigenvalue weighted by Gasteiger charge is 2.35. The van der Waals surface area contributed by atoms with Crippen LogP contribution in [-0.2, 0) is 15.7 Å². The van der Waals surface area contributed by atoms with Gasteiger partial charge in [0, 0.05) is 41.3 Å². The maximum absolute atomic E-state index is 13.3. The molecule has 1 aliphatic carbocycles. The van der Waals surface area contributed by atoms with E-state index in [0.717, 1.165) is 18.9 Å². The number of ether oxygens (including phenoxy) is 1. The van der Waals surface area contributed by atoms with E-state index in [-0.39, 0.29) is 22.7 Å². The summed E-state index contributed by atoms with van der Waals surface area (Å²) in [5.41, 5.74) is 0.390. The number of hydrogen-bond acceptors (Lipinski definition) is 7. The lowest BCUT2D eigenvalue weighted by atomic mass is 10.1. The van der Waals surface area contributed by atoms with Crippen molar-refractivity contribution in [3.8, 4) is 11.3 Å². The van der Waals surface area contributed by atoms with E-state index < -0.39 is 17.8 Å². The Morgan fingerprint density at radius 3 is 2.60 bits per heavy atom. The molecule has 1 fully saturated rings. The van der Waals surface area contributed by atoms with Crippen LogP contribution in [0.2, 0.25) is 0 Å². The Hall–Kier alpha value is -3.63. The highest BCUT2D eigenvalue weighted by Crippen LogP contribution is 2.41. The number of esters is 1. The molecule has 0 aromatic carbocycles. The molecule has 154 valence electrons. The van der Waals surface area contributed by atoms with Crippen molar-refractivity contribution in [1.82, 2.24) is 29.9 Å². The summed E-state index contributed by atoms with van der Waals surface area (Å²) in [5, 5.41) is 7.85. The summed E-state index contributed by atoms with van der Waals surface area (Å²) in [6.45, 7) is 0. The summed E-state index contributed by atoms with van der Waals surface area (Å²) in [6, 6.07) is 2.54. The molecule has 0 saturated heterocycles. The molecule has 11 heteroatoms. The number of carbonyl (C=O) groups excluding carboxylic acids is 1. The van der Waals surface area contributed by atoms with Crippen molar-refractivity contribution in [2.75, 3.05) is 7.11 Å². The molecule has 3 aromatic rings. The van der Waals surface area contributed by atoms with Crippen molar-refractivity contribution in [3.63, 3.8) is 0 Å². The second kappa shape index (κ2) is 7.65. The van der Waals surface area contributed by atoms with Gasteiger partial charge in [-0.2, -0.15) is 13.2 Å². The van der Waals surface area contributed by atoms with Gasteiger partial charge in [0.05, 0.1) is 18.9 Å². The van der Waals surface area contributed by atoms with Crippen LogP contribution in [0.5, 0.6) is 0 Å². The van der Waals surface area contributed by atoms with Crippen LogP contribution < -0.4 is 0 Å². The highest BCUT2D eigenvalue weighted by atomic mass is 19.4. The molecule has 0 N–H and O–H groups in total. The van der Waals surface area contributed by atoms with Gasteiger partial charge < -0.3 is 4.74 Å². The standard InChI is InChI=1S/C19H15F3N6O2/c1-30-18(29)14(13-6-23-10-24-7-13)8-28-9-16(26-27-28)12-4-15(11-2-3-11)25-17(5-12)19(20,21)22/h4-11H,2-3H2,1H3/b14-8+. The Morgan fingerprint density at radius 2 is 1.97 bits per heavy atom. The summed E-state index contributed by atoms with van der Waals surface area (Å²) in [6.07, 6.45) is 3.97. The maximum atomic E-state index is 13.3. The molecule has 0 aliphatic heterocycles. The largest absolute Gasteiger partial charge is 0.465 e. The van der Waals surface area contributed by atoms with Crippen LogP contribution in [0.3, 0.4) is 0 Å². The number of aromatic nitrogens is 6. The number of nitrogens with zero attached hydrogens (tertiary/aromatic N) is 6. The van der Waals surface area contributed by atoms with E-state index in [9.17, 15) is 18.0 Å². The quantitative estimate of drug-likeness (QED) is 0.466. The van der Waals surface area contributed by atoms with Crippen molar-refractivity contribution in [2.45, 2.75) is 24.9 Å². The monoisotopic (exact) mass is 416 g/mol. The number of pyridine rings is 1. The number of rotatable bonds is 5. The maximum Gasteiger partial charge on any atom is 0.433 e. The highest BCUT2D eigenvalue weighted by molar-refractivity contribution is 6.19. The first-order chi connectivity index (χ1) is 14.3. The molecule has 0 radical (unpaired) electrons. The first-order valence-electron chi connectivity index (χ1n) is 8.92. The Bertz CT molecular complexity index is 1110. The fourth-order valence-corrected chi connectivity index (χ4v) is 2.83. The predicted molar refractivity (Wildman–Crippen MR) is 98.4 cm³/mol. The molecule has 4 rings (SSSR count). The summed E-state index contributed by atoms with van der Waals surface area (Å²) in [4.78, 5) is 23.6. The van der Waals surface area contributed by atoms with Gasteiger partial charge in [-0.3, -0.25) is 0 Å². The van der Waals surface area contributed by atoms with Crippen LogP contribution in [0.4, 0.5) is 13.2 Å². The van der Waals surface area contributed by atoms with Crippen LogP contribution in [0.25, 0.3) is 23.0 Å². The van der Waals surface area contributed by atoms with E-state index in [1.807, 2.05) is 0 Å². The molecular weight excluding hydrogens is 401 g/mol. The lowest BCUT2D eigenvalue weighted by Gasteiger charge is -2.09. The number of alkyl halides is 3. The van der Waals surface area contributed by atoms with E-state index in [1.54, 1.807) is 6.07 Å². The fraction of sp³-hybridized carbons (Fsp3) is 0.263. The summed E-state index contributed by atoms with van der Waals surface area (Å²) in [7, 11) is 1.22. The van der Waals surface area contributed by atoms with Gasteiger partial charge in [0.1, 0.15) is 17.7 Å². The second-order valence-corrected chi connectivity index (χ2v) is 6.68. The molecule has 1 aliphatic rings. The third kappa shape index (κ3) is 4.19. The predicted octanol–water partition coefficient (Wildman–Crippen LogP) is 3.20. The zero-order valence-corrected chi connectivity index (χ0v) is 15.7. The number of halogens is 3. The Labute approximate surface area is 168 Å². The third-order valence-corrected chi connectivity index (χ3v) is 4.48. The molecule has 0 spiro atoms. The van der Waals surface area contributed by atoms with E-state index in [1.165, 1.54) is 42.9 Å². The van der Waals surface area contributed by atoms with E-state index in [4.69, 9.17) is 4.74 Å². The lowest BCUT2D eigenvalue weighted by Crippen LogP contribution is -2.09. The molecule has 0 unspecified atom stereocenters. The fourth-order valence-electron chi connectivity index (χ4n) is 2.83. The van der Waals surface area contributed by atoms with Gasteiger partial charge in [0.2, 0.25) is 0 Å². The van der Waals surface area contributed by atoms with Gasteiger partial charge >= 0.3 is 12.1 Å². The summed E-state index contributed by atoms with van der Waals surface area (Å²) < 4.78 is 45.8. The van der Waals surface area contributed by atoms with Crippen molar-refractivity contribution >= 4 is 17.7 Å². The van der Waals surface area contributed by atoms with Crippen molar-refractivity contribution in [2.24, 2.45) is 0 Å². The average molecular weight is 416 g/mol. The molecule has 30 heavy (non-hydrogen) atoms. The summed E-state index contributed by atoms with van der Waals surface area (Å²) >= 11 is 0. The Kier molecular flexibility index (Phi) is 5.02. The minimum atomic E-state index is -4.57. The third-order valence-electron chi connectivity index (χ3n) is 4.48. The number of methoxy groups -OCH3 is 1. The smallest absolute Gasteiger partial charge is 0.433 e. The number of carbonyl (C=O) groups is 1. The lowest BCUT2D eigenvalue weighted by molar-refractivity contribution is -0.141. The van der Waals surface area contributed by atoms with Crippen molar-refractivity contribution in [3.05, 3.63) is 54.0 Å². The zero-order valence-electron chi connectivity index (χ0n) is 15.7. The molecule has 0 amide bonds. The van der Waals surface area contributed by atoms with Crippen LogP contribution in [0, 0.1) is 0 Å². The molecule has 1 saturated carbocycles. The van der Waals surface area contributed by atoms with Gasteiger partial charge in [0.25, 0.3) is 0 Å². The van der Waals surface area contributed by atoms with Gasteiger partial charge in [-0.25, -0.2) is 24.4 Å². The average Bonchev–Trinajstić information content (AvgIpc) is 3.49. The molecular formula is C19H15F3N6O2. The topological polar surface area (TPSA) is 95.7 Å². The second-order valence-electron chi connectivity index (χ2n) is 6.68. The normalized spacial score (nSPS) is 14.6. The van der Waals surface area contributed by atoms with Crippen LogP contribution in [0.1, 0.15) is 35.7 Å². The van der Waals surface area contributed by atoms with E-state index in [2.05, 4.69) is 25.3 Å².